The van der Waals surface area contributed by atoms with Gasteiger partial charge in [0.05, 0.1) is 5.02 Å². The number of rotatable bonds is 5. The van der Waals surface area contributed by atoms with Crippen LogP contribution in [0.5, 0.6) is 0 Å². The minimum atomic E-state index is -3.72. The van der Waals surface area contributed by atoms with Gasteiger partial charge < -0.3 is 10.3 Å². The van der Waals surface area contributed by atoms with Crippen LogP contribution in [0, 0.1) is 6.92 Å². The summed E-state index contributed by atoms with van der Waals surface area (Å²) >= 11 is 5.87. The Kier molecular flexibility index (Phi) is 4.26. The Labute approximate surface area is 121 Å². The Morgan fingerprint density at radius 2 is 2.20 bits per heavy atom. The van der Waals surface area contributed by atoms with Crippen LogP contribution in [0.1, 0.15) is 11.7 Å². The lowest BCUT2D eigenvalue weighted by Gasteiger charge is -2.08. The number of aryl methyl sites for hydroxylation is 1. The Morgan fingerprint density at radius 1 is 1.45 bits per heavy atom. The predicted octanol–water partition coefficient (Wildman–Crippen LogP) is 1.13. The zero-order chi connectivity index (χ0) is 14.8. The second-order valence-corrected chi connectivity index (χ2v) is 6.21. The number of halogens is 1. The molecule has 108 valence electrons. The fraction of sp³-hybridized carbons (Fsp3) is 0.273. The summed E-state index contributed by atoms with van der Waals surface area (Å²) in [5, 5.41) is 3.79. The highest BCUT2D eigenvalue weighted by atomic mass is 35.5. The van der Waals surface area contributed by atoms with Crippen LogP contribution in [-0.2, 0) is 16.4 Å². The number of aromatic nitrogens is 2. The lowest BCUT2D eigenvalue weighted by atomic mass is 10.3. The van der Waals surface area contributed by atoms with Crippen molar-refractivity contribution in [2.45, 2.75) is 18.2 Å². The normalized spacial score (nSPS) is 11.7. The number of nitrogen functional groups attached to an aromatic ring is 1. The molecule has 1 heterocycles. The van der Waals surface area contributed by atoms with Gasteiger partial charge in [-0.1, -0.05) is 16.8 Å². The fourth-order valence-electron chi connectivity index (χ4n) is 1.54. The first kappa shape index (κ1) is 14.8. The Hall–Kier alpha value is -1.64. The second-order valence-electron chi connectivity index (χ2n) is 4.07. The summed E-state index contributed by atoms with van der Waals surface area (Å²) in [6, 6.07) is 4.28. The number of sulfonamides is 1. The molecule has 0 spiro atoms. The van der Waals surface area contributed by atoms with E-state index in [9.17, 15) is 8.42 Å². The molecule has 0 aliphatic carbocycles. The van der Waals surface area contributed by atoms with Crippen LogP contribution in [0.25, 0.3) is 0 Å². The van der Waals surface area contributed by atoms with Gasteiger partial charge in [-0.15, -0.1) is 0 Å². The zero-order valence-electron chi connectivity index (χ0n) is 10.6. The molecule has 1 aromatic carbocycles. The molecule has 0 saturated heterocycles. The molecule has 2 aromatic rings. The predicted molar refractivity (Wildman–Crippen MR) is 73.8 cm³/mol. The van der Waals surface area contributed by atoms with E-state index in [4.69, 9.17) is 21.9 Å². The van der Waals surface area contributed by atoms with Gasteiger partial charge in [0.1, 0.15) is 4.90 Å². The van der Waals surface area contributed by atoms with E-state index in [0.717, 1.165) is 0 Å². The average Bonchev–Trinajstić information content (AvgIpc) is 2.78. The number of nitrogens with one attached hydrogen (secondary N) is 1. The molecule has 0 bridgehead atoms. The topological polar surface area (TPSA) is 111 Å². The number of nitrogens with zero attached hydrogens (tertiary/aromatic N) is 2. The van der Waals surface area contributed by atoms with Crippen LogP contribution in [0.2, 0.25) is 5.02 Å². The van der Waals surface area contributed by atoms with Crippen LogP contribution in [0.15, 0.2) is 27.6 Å². The Morgan fingerprint density at radius 3 is 2.85 bits per heavy atom. The van der Waals surface area contributed by atoms with Crippen molar-refractivity contribution in [3.05, 3.63) is 34.9 Å². The molecular formula is C11H13ClN4O3S. The zero-order valence-corrected chi connectivity index (χ0v) is 12.2. The van der Waals surface area contributed by atoms with Crippen molar-refractivity contribution in [3.8, 4) is 0 Å². The van der Waals surface area contributed by atoms with Gasteiger partial charge in [0.2, 0.25) is 15.9 Å². The molecular weight excluding hydrogens is 304 g/mol. The van der Waals surface area contributed by atoms with E-state index in [1.807, 2.05) is 0 Å². The van der Waals surface area contributed by atoms with Crippen LogP contribution in [0.3, 0.4) is 0 Å². The van der Waals surface area contributed by atoms with Crippen molar-refractivity contribution in [3.63, 3.8) is 0 Å². The maximum Gasteiger partial charge on any atom is 0.242 e. The van der Waals surface area contributed by atoms with Gasteiger partial charge in [-0.25, -0.2) is 13.1 Å². The van der Waals surface area contributed by atoms with Gasteiger partial charge in [-0.3, -0.25) is 0 Å². The second kappa shape index (κ2) is 5.78. The van der Waals surface area contributed by atoms with E-state index in [1.165, 1.54) is 18.2 Å². The number of hydrogen-bond donors (Lipinski definition) is 2. The highest BCUT2D eigenvalue weighted by Gasteiger charge is 2.18. The van der Waals surface area contributed by atoms with E-state index < -0.39 is 10.0 Å². The Bertz CT molecular complexity index is 714. The number of anilines is 1. The fourth-order valence-corrected chi connectivity index (χ4v) is 3.11. The smallest absolute Gasteiger partial charge is 0.242 e. The van der Waals surface area contributed by atoms with Crippen molar-refractivity contribution in [2.24, 2.45) is 0 Å². The lowest BCUT2D eigenvalue weighted by molar-refractivity contribution is 0.387. The minimum absolute atomic E-state index is 0.0524. The summed E-state index contributed by atoms with van der Waals surface area (Å²) in [7, 11) is -3.72. The van der Waals surface area contributed by atoms with Crippen LogP contribution in [0.4, 0.5) is 5.69 Å². The largest absolute Gasteiger partial charge is 0.399 e. The first-order chi connectivity index (χ1) is 9.38. The molecule has 0 unspecified atom stereocenters. The minimum Gasteiger partial charge on any atom is -0.399 e. The Balaban J connectivity index is 2.06. The van der Waals surface area contributed by atoms with Crippen molar-refractivity contribution >= 4 is 27.3 Å². The monoisotopic (exact) mass is 316 g/mol. The van der Waals surface area contributed by atoms with E-state index in [2.05, 4.69) is 14.9 Å². The first-order valence-corrected chi connectivity index (χ1v) is 7.58. The maximum absolute atomic E-state index is 12.1. The van der Waals surface area contributed by atoms with E-state index >= 15 is 0 Å². The molecule has 0 amide bonds. The summed E-state index contributed by atoms with van der Waals surface area (Å²) in [5.41, 5.74) is 5.89. The van der Waals surface area contributed by atoms with Crippen molar-refractivity contribution in [1.82, 2.24) is 14.9 Å². The quantitative estimate of drug-likeness (QED) is 0.800. The number of hydrogen-bond acceptors (Lipinski definition) is 6. The van der Waals surface area contributed by atoms with Gasteiger partial charge in [0.15, 0.2) is 5.82 Å². The van der Waals surface area contributed by atoms with E-state index in [-0.39, 0.29) is 16.5 Å². The van der Waals surface area contributed by atoms with Crippen LogP contribution < -0.4 is 10.5 Å². The standard InChI is InChI=1S/C11H13ClN4O3S/c1-7-15-11(16-19-7)4-5-14-20(17,18)10-6-8(13)2-3-9(10)12/h2-3,6,14H,4-5,13H2,1H3. The number of benzene rings is 1. The highest BCUT2D eigenvalue weighted by molar-refractivity contribution is 7.89. The summed E-state index contributed by atoms with van der Waals surface area (Å²) < 4.78 is 31.4. The van der Waals surface area contributed by atoms with Gasteiger partial charge >= 0.3 is 0 Å². The third-order valence-corrected chi connectivity index (χ3v) is 4.40. The third kappa shape index (κ3) is 3.47. The van der Waals surface area contributed by atoms with E-state index in [0.29, 0.717) is 23.8 Å². The molecule has 1 aromatic heterocycles. The van der Waals surface area contributed by atoms with Gasteiger partial charge in [0.25, 0.3) is 0 Å². The van der Waals surface area contributed by atoms with Crippen molar-refractivity contribution in [2.75, 3.05) is 12.3 Å². The third-order valence-electron chi connectivity index (χ3n) is 2.46. The molecule has 7 nitrogen and oxygen atoms in total. The van der Waals surface area contributed by atoms with Gasteiger partial charge in [-0.2, -0.15) is 4.98 Å². The maximum atomic E-state index is 12.1. The van der Waals surface area contributed by atoms with E-state index in [1.54, 1.807) is 6.92 Å². The first-order valence-electron chi connectivity index (χ1n) is 5.72. The summed E-state index contributed by atoms with van der Waals surface area (Å²) in [6.07, 6.45) is 0.316. The van der Waals surface area contributed by atoms with Crippen LogP contribution >= 0.6 is 11.6 Å². The molecule has 0 aliphatic heterocycles. The molecule has 0 saturated carbocycles. The molecule has 0 aliphatic rings. The molecule has 2 rings (SSSR count). The molecule has 9 heteroatoms. The lowest BCUT2D eigenvalue weighted by Crippen LogP contribution is -2.26. The van der Waals surface area contributed by atoms with Crippen molar-refractivity contribution < 1.29 is 12.9 Å². The summed E-state index contributed by atoms with van der Waals surface area (Å²) in [4.78, 5) is 3.92. The summed E-state index contributed by atoms with van der Waals surface area (Å²) in [5.74, 6) is 0.866. The number of nitrogens with two attached hydrogens (primary N) is 1. The highest BCUT2D eigenvalue weighted by Crippen LogP contribution is 2.23. The summed E-state index contributed by atoms with van der Waals surface area (Å²) in [6.45, 7) is 1.79. The SMILES string of the molecule is Cc1nc(CCNS(=O)(=O)c2cc(N)ccc2Cl)no1. The molecule has 0 fully saturated rings. The van der Waals surface area contributed by atoms with Gasteiger partial charge in [0, 0.05) is 25.6 Å². The molecule has 20 heavy (non-hydrogen) atoms. The van der Waals surface area contributed by atoms with Crippen LogP contribution in [-0.4, -0.2) is 25.1 Å². The van der Waals surface area contributed by atoms with Gasteiger partial charge in [-0.05, 0) is 18.2 Å². The molecule has 3 N–H and O–H groups in total. The average molecular weight is 317 g/mol. The molecule has 0 radical (unpaired) electrons. The van der Waals surface area contributed by atoms with Crippen molar-refractivity contribution in [1.29, 1.82) is 0 Å². The molecule has 0 atom stereocenters.